The van der Waals surface area contributed by atoms with E-state index in [2.05, 4.69) is 23.7 Å². The Morgan fingerprint density at radius 2 is 2.06 bits per heavy atom. The van der Waals surface area contributed by atoms with Gasteiger partial charge in [-0.2, -0.15) is 0 Å². The first-order chi connectivity index (χ1) is 7.76. The van der Waals surface area contributed by atoms with Gasteiger partial charge in [0.25, 0.3) is 0 Å². The smallest absolute Gasteiger partial charge is 0.123 e. The van der Waals surface area contributed by atoms with Gasteiger partial charge in [-0.05, 0) is 24.7 Å². The molecule has 0 saturated heterocycles. The Morgan fingerprint density at radius 3 is 2.62 bits per heavy atom. The van der Waals surface area contributed by atoms with Gasteiger partial charge in [-0.25, -0.2) is 4.98 Å². The first-order valence-corrected chi connectivity index (χ1v) is 5.76. The predicted molar refractivity (Wildman–Crippen MR) is 66.1 cm³/mol. The normalized spacial score (nSPS) is 10.9. The lowest BCUT2D eigenvalue weighted by molar-refractivity contribution is 0.0955. The van der Waals surface area contributed by atoms with Gasteiger partial charge in [0.1, 0.15) is 5.82 Å². The summed E-state index contributed by atoms with van der Waals surface area (Å²) in [7, 11) is 0. The third-order valence-corrected chi connectivity index (χ3v) is 2.56. The van der Waals surface area contributed by atoms with E-state index in [1.807, 2.05) is 6.07 Å². The van der Waals surface area contributed by atoms with E-state index in [0.717, 1.165) is 31.8 Å². The van der Waals surface area contributed by atoms with E-state index in [1.54, 1.807) is 12.3 Å². The molecular weight excluding hydrogens is 202 g/mol. The highest BCUT2D eigenvalue weighted by molar-refractivity contribution is 5.28. The molecule has 0 radical (unpaired) electrons. The first-order valence-electron chi connectivity index (χ1n) is 5.76. The molecule has 0 bridgehead atoms. The highest BCUT2D eigenvalue weighted by Crippen LogP contribution is 2.02. The fraction of sp³-hybridized carbons (Fsp3) is 0.583. The maximum absolute atomic E-state index is 5.57. The molecule has 1 aromatic heterocycles. The lowest BCUT2D eigenvalue weighted by Gasteiger charge is -2.17. The lowest BCUT2D eigenvalue weighted by Crippen LogP contribution is -2.26. The quantitative estimate of drug-likeness (QED) is 0.712. The highest BCUT2D eigenvalue weighted by Gasteiger charge is 1.99. The number of nitrogen functional groups attached to an aromatic ring is 1. The van der Waals surface area contributed by atoms with Crippen molar-refractivity contribution in [3.05, 3.63) is 23.9 Å². The molecule has 0 saturated carbocycles. The molecule has 2 N–H and O–H groups in total. The Kier molecular flexibility index (Phi) is 5.82. The van der Waals surface area contributed by atoms with Crippen molar-refractivity contribution in [1.82, 2.24) is 9.88 Å². The van der Waals surface area contributed by atoms with Crippen molar-refractivity contribution >= 4 is 5.82 Å². The monoisotopic (exact) mass is 223 g/mol. The minimum Gasteiger partial charge on any atom is -0.384 e. The summed E-state index contributed by atoms with van der Waals surface area (Å²) in [6, 6.07) is 3.74. The van der Waals surface area contributed by atoms with Gasteiger partial charge in [0.15, 0.2) is 0 Å². The van der Waals surface area contributed by atoms with E-state index < -0.39 is 0 Å². The van der Waals surface area contributed by atoms with Crippen LogP contribution in [0.4, 0.5) is 5.82 Å². The highest BCUT2D eigenvalue weighted by atomic mass is 16.5. The fourth-order valence-corrected chi connectivity index (χ4v) is 1.44. The SMILES string of the molecule is CCN(CC)CCOCc1ccc(N)nc1. The molecule has 4 heteroatoms. The zero-order valence-corrected chi connectivity index (χ0v) is 10.1. The number of ether oxygens (including phenoxy) is 1. The van der Waals surface area contributed by atoms with E-state index in [-0.39, 0.29) is 0 Å². The van der Waals surface area contributed by atoms with Crippen LogP contribution < -0.4 is 5.73 Å². The van der Waals surface area contributed by atoms with Gasteiger partial charge in [0.05, 0.1) is 13.2 Å². The van der Waals surface area contributed by atoms with Crippen LogP contribution in [0.5, 0.6) is 0 Å². The van der Waals surface area contributed by atoms with Crippen molar-refractivity contribution in [3.8, 4) is 0 Å². The van der Waals surface area contributed by atoms with Crippen LogP contribution in [0.1, 0.15) is 19.4 Å². The van der Waals surface area contributed by atoms with Crippen LogP contribution in [0.15, 0.2) is 18.3 Å². The molecule has 4 nitrogen and oxygen atoms in total. The van der Waals surface area contributed by atoms with Gasteiger partial charge in [0.2, 0.25) is 0 Å². The molecule has 0 atom stereocenters. The fourth-order valence-electron chi connectivity index (χ4n) is 1.44. The third kappa shape index (κ3) is 4.59. The molecule has 1 heterocycles. The molecule has 0 aliphatic heterocycles. The van der Waals surface area contributed by atoms with Gasteiger partial charge in [0, 0.05) is 12.7 Å². The number of anilines is 1. The summed E-state index contributed by atoms with van der Waals surface area (Å²) in [6.07, 6.45) is 1.76. The molecule has 1 rings (SSSR count). The van der Waals surface area contributed by atoms with Crippen molar-refractivity contribution in [3.63, 3.8) is 0 Å². The second-order valence-electron chi connectivity index (χ2n) is 3.67. The Hall–Kier alpha value is -1.13. The second kappa shape index (κ2) is 7.19. The summed E-state index contributed by atoms with van der Waals surface area (Å²) < 4.78 is 5.57. The largest absolute Gasteiger partial charge is 0.384 e. The lowest BCUT2D eigenvalue weighted by atomic mass is 10.3. The summed E-state index contributed by atoms with van der Waals surface area (Å²) >= 11 is 0. The number of hydrogen-bond donors (Lipinski definition) is 1. The van der Waals surface area contributed by atoms with Crippen LogP contribution in [-0.4, -0.2) is 36.1 Å². The minimum absolute atomic E-state index is 0.548. The first kappa shape index (κ1) is 12.9. The maximum Gasteiger partial charge on any atom is 0.123 e. The van der Waals surface area contributed by atoms with Crippen LogP contribution >= 0.6 is 0 Å². The minimum atomic E-state index is 0.548. The molecule has 16 heavy (non-hydrogen) atoms. The van der Waals surface area contributed by atoms with Crippen molar-refractivity contribution in [2.75, 3.05) is 32.0 Å². The van der Waals surface area contributed by atoms with Crippen LogP contribution in [0.2, 0.25) is 0 Å². The summed E-state index contributed by atoms with van der Waals surface area (Å²) in [6.45, 7) is 8.81. The molecule has 0 aliphatic rings. The summed E-state index contributed by atoms with van der Waals surface area (Å²) in [4.78, 5) is 6.35. The Bertz CT molecular complexity index is 283. The van der Waals surface area contributed by atoms with E-state index >= 15 is 0 Å². The number of nitrogens with zero attached hydrogens (tertiary/aromatic N) is 2. The number of rotatable bonds is 7. The second-order valence-corrected chi connectivity index (χ2v) is 3.67. The van der Waals surface area contributed by atoms with Crippen LogP contribution in [0.3, 0.4) is 0 Å². The predicted octanol–water partition coefficient (Wildman–Crippen LogP) is 1.52. The number of aromatic nitrogens is 1. The number of hydrogen-bond acceptors (Lipinski definition) is 4. The topological polar surface area (TPSA) is 51.4 Å². The summed E-state index contributed by atoms with van der Waals surface area (Å²) in [5.74, 6) is 0.548. The van der Waals surface area contributed by atoms with Crippen LogP contribution in [0, 0.1) is 0 Å². The summed E-state index contributed by atoms with van der Waals surface area (Å²) in [5.41, 5.74) is 6.56. The zero-order valence-electron chi connectivity index (χ0n) is 10.1. The number of nitrogens with two attached hydrogens (primary N) is 1. The molecule has 0 aromatic carbocycles. The van der Waals surface area contributed by atoms with Crippen molar-refractivity contribution in [1.29, 1.82) is 0 Å². The average Bonchev–Trinajstić information content (AvgIpc) is 2.32. The Labute approximate surface area is 97.4 Å². The van der Waals surface area contributed by atoms with Crippen molar-refractivity contribution in [2.24, 2.45) is 0 Å². The van der Waals surface area contributed by atoms with Gasteiger partial charge in [-0.3, -0.25) is 0 Å². The number of pyridine rings is 1. The van der Waals surface area contributed by atoms with E-state index in [4.69, 9.17) is 10.5 Å². The zero-order chi connectivity index (χ0) is 11.8. The standard InChI is InChI=1S/C12H21N3O/c1-3-15(4-2)7-8-16-10-11-5-6-12(13)14-9-11/h5-6,9H,3-4,7-8,10H2,1-2H3,(H2,13,14). The molecule has 0 aliphatic carbocycles. The molecule has 1 aromatic rings. The van der Waals surface area contributed by atoms with Gasteiger partial charge in [-0.1, -0.05) is 19.9 Å². The van der Waals surface area contributed by atoms with Gasteiger partial charge in [-0.15, -0.1) is 0 Å². The van der Waals surface area contributed by atoms with Crippen LogP contribution in [-0.2, 0) is 11.3 Å². The van der Waals surface area contributed by atoms with E-state index in [9.17, 15) is 0 Å². The van der Waals surface area contributed by atoms with Crippen LogP contribution in [0.25, 0.3) is 0 Å². The van der Waals surface area contributed by atoms with Gasteiger partial charge >= 0.3 is 0 Å². The van der Waals surface area contributed by atoms with Crippen molar-refractivity contribution in [2.45, 2.75) is 20.5 Å². The molecule has 0 unspecified atom stereocenters. The molecule has 0 fully saturated rings. The molecule has 0 spiro atoms. The van der Waals surface area contributed by atoms with E-state index in [0.29, 0.717) is 12.4 Å². The molecule has 90 valence electrons. The number of likely N-dealkylation sites (N-methyl/N-ethyl adjacent to an activating group) is 1. The van der Waals surface area contributed by atoms with E-state index in [1.165, 1.54) is 0 Å². The Morgan fingerprint density at radius 1 is 1.31 bits per heavy atom. The maximum atomic E-state index is 5.57. The van der Waals surface area contributed by atoms with Crippen molar-refractivity contribution < 1.29 is 4.74 Å². The molecule has 0 amide bonds. The molecular formula is C12H21N3O. The third-order valence-electron chi connectivity index (χ3n) is 2.56. The average molecular weight is 223 g/mol. The van der Waals surface area contributed by atoms with Gasteiger partial charge < -0.3 is 15.4 Å². The Balaban J connectivity index is 2.18. The summed E-state index contributed by atoms with van der Waals surface area (Å²) in [5, 5.41) is 0.